The lowest BCUT2D eigenvalue weighted by Gasteiger charge is -2.30. The van der Waals surface area contributed by atoms with Crippen LogP contribution >= 0.6 is 11.6 Å². The first-order valence-electron chi connectivity index (χ1n) is 9.34. The first-order chi connectivity index (χ1) is 14.5. The summed E-state index contributed by atoms with van der Waals surface area (Å²) in [5.74, 6) is -0.337. The standard InChI is InChI=1S/C20H20ClF3N2O4S/c1-30-18-6-5-15(21)12-17(18)25-19(27)13-7-9-26(10-8-13)31(28,29)16-4-2-3-14(11-16)20(22,23)24/h2-6,11-13H,7-10H2,1H3,(H,25,27). The van der Waals surface area contributed by atoms with Gasteiger partial charge in [0, 0.05) is 24.0 Å². The van der Waals surface area contributed by atoms with Gasteiger partial charge in [-0.2, -0.15) is 17.5 Å². The number of carbonyl (C=O) groups excluding carboxylic acids is 1. The molecule has 11 heteroatoms. The predicted molar refractivity (Wildman–Crippen MR) is 110 cm³/mol. The van der Waals surface area contributed by atoms with E-state index in [1.807, 2.05) is 0 Å². The molecule has 6 nitrogen and oxygen atoms in total. The minimum Gasteiger partial charge on any atom is -0.495 e. The summed E-state index contributed by atoms with van der Waals surface area (Å²) in [6.07, 6.45) is -4.18. The zero-order chi connectivity index (χ0) is 22.8. The predicted octanol–water partition coefficient (Wildman–Crippen LogP) is 4.41. The number of benzene rings is 2. The van der Waals surface area contributed by atoms with Crippen molar-refractivity contribution in [2.24, 2.45) is 5.92 Å². The number of methoxy groups -OCH3 is 1. The monoisotopic (exact) mass is 476 g/mol. The summed E-state index contributed by atoms with van der Waals surface area (Å²) < 4.78 is 70.6. The van der Waals surface area contributed by atoms with E-state index >= 15 is 0 Å². The Hall–Kier alpha value is -2.30. The molecule has 1 N–H and O–H groups in total. The zero-order valence-electron chi connectivity index (χ0n) is 16.4. The average molecular weight is 477 g/mol. The lowest BCUT2D eigenvalue weighted by Crippen LogP contribution is -2.41. The van der Waals surface area contributed by atoms with Gasteiger partial charge in [-0.1, -0.05) is 17.7 Å². The van der Waals surface area contributed by atoms with Crippen molar-refractivity contribution in [3.8, 4) is 5.75 Å². The van der Waals surface area contributed by atoms with E-state index in [1.165, 1.54) is 7.11 Å². The van der Waals surface area contributed by atoms with E-state index < -0.39 is 32.6 Å². The van der Waals surface area contributed by atoms with E-state index in [4.69, 9.17) is 16.3 Å². The molecule has 1 aliphatic heterocycles. The van der Waals surface area contributed by atoms with Crippen LogP contribution in [0.15, 0.2) is 47.4 Å². The number of halogens is 4. The normalized spacial score (nSPS) is 16.2. The van der Waals surface area contributed by atoms with Crippen LogP contribution in [0.1, 0.15) is 18.4 Å². The summed E-state index contributed by atoms with van der Waals surface area (Å²) in [4.78, 5) is 12.2. The molecule has 1 aliphatic rings. The van der Waals surface area contributed by atoms with Crippen LogP contribution in [-0.4, -0.2) is 38.8 Å². The highest BCUT2D eigenvalue weighted by molar-refractivity contribution is 7.89. The molecule has 31 heavy (non-hydrogen) atoms. The van der Waals surface area contributed by atoms with E-state index in [9.17, 15) is 26.4 Å². The minimum atomic E-state index is -4.64. The first kappa shape index (κ1) is 23.4. The van der Waals surface area contributed by atoms with Crippen molar-refractivity contribution in [3.63, 3.8) is 0 Å². The lowest BCUT2D eigenvalue weighted by atomic mass is 9.97. The molecule has 3 rings (SSSR count). The molecule has 1 heterocycles. The Bertz CT molecular complexity index is 1070. The summed E-state index contributed by atoms with van der Waals surface area (Å²) in [6, 6.07) is 8.42. The number of ether oxygens (including phenoxy) is 1. The molecule has 168 valence electrons. The van der Waals surface area contributed by atoms with Crippen LogP contribution in [0.2, 0.25) is 5.02 Å². The molecular formula is C20H20ClF3N2O4S. The van der Waals surface area contributed by atoms with Gasteiger partial charge in [0.2, 0.25) is 15.9 Å². The SMILES string of the molecule is COc1ccc(Cl)cc1NC(=O)C1CCN(S(=O)(=O)c2cccc(C(F)(F)F)c2)CC1. The highest BCUT2D eigenvalue weighted by Crippen LogP contribution is 2.33. The van der Waals surface area contributed by atoms with Crippen LogP contribution in [0.25, 0.3) is 0 Å². The number of carbonyl (C=O) groups is 1. The van der Waals surface area contributed by atoms with E-state index in [1.54, 1.807) is 18.2 Å². The van der Waals surface area contributed by atoms with Crippen molar-refractivity contribution < 1.29 is 31.1 Å². The Morgan fingerprint density at radius 2 is 1.84 bits per heavy atom. The summed E-state index contributed by atoms with van der Waals surface area (Å²) in [6.45, 7) is 0.0344. The summed E-state index contributed by atoms with van der Waals surface area (Å²) >= 11 is 5.96. The van der Waals surface area contributed by atoms with Gasteiger partial charge in [-0.25, -0.2) is 8.42 Å². The van der Waals surface area contributed by atoms with Crippen LogP contribution in [0.4, 0.5) is 18.9 Å². The van der Waals surface area contributed by atoms with Gasteiger partial charge in [0.25, 0.3) is 0 Å². The second-order valence-electron chi connectivity index (χ2n) is 7.04. The zero-order valence-corrected chi connectivity index (χ0v) is 18.0. The summed E-state index contributed by atoms with van der Waals surface area (Å²) in [5, 5.41) is 3.15. The number of alkyl halides is 3. The van der Waals surface area contributed by atoms with Gasteiger partial charge in [-0.15, -0.1) is 0 Å². The van der Waals surface area contributed by atoms with Crippen molar-refractivity contribution in [1.82, 2.24) is 4.31 Å². The number of rotatable bonds is 5. The Kier molecular flexibility index (Phi) is 6.82. The fourth-order valence-electron chi connectivity index (χ4n) is 3.35. The third-order valence-corrected chi connectivity index (χ3v) is 7.17. The topological polar surface area (TPSA) is 75.7 Å². The van der Waals surface area contributed by atoms with Crippen molar-refractivity contribution >= 4 is 33.2 Å². The molecule has 0 spiro atoms. The lowest BCUT2D eigenvalue weighted by molar-refractivity contribution is -0.137. The fourth-order valence-corrected chi connectivity index (χ4v) is 5.04. The maximum Gasteiger partial charge on any atom is 0.416 e. The Morgan fingerprint density at radius 3 is 2.45 bits per heavy atom. The fraction of sp³-hybridized carbons (Fsp3) is 0.350. The molecule has 0 radical (unpaired) electrons. The Morgan fingerprint density at radius 1 is 1.16 bits per heavy atom. The molecule has 0 aromatic heterocycles. The minimum absolute atomic E-state index is 0.0172. The van der Waals surface area contributed by atoms with Gasteiger partial charge < -0.3 is 10.1 Å². The summed E-state index contributed by atoms with van der Waals surface area (Å²) in [7, 11) is -2.65. The molecule has 0 bridgehead atoms. The molecule has 0 saturated carbocycles. The molecule has 0 aliphatic carbocycles. The number of piperidine rings is 1. The summed E-state index contributed by atoms with van der Waals surface area (Å²) in [5.41, 5.74) is -0.627. The van der Waals surface area contributed by atoms with E-state index in [2.05, 4.69) is 5.32 Å². The largest absolute Gasteiger partial charge is 0.495 e. The number of hydrogen-bond acceptors (Lipinski definition) is 4. The Labute approximate surface area is 183 Å². The maximum atomic E-state index is 12.9. The molecule has 0 atom stereocenters. The molecule has 1 fully saturated rings. The second kappa shape index (κ2) is 9.05. The molecule has 2 aromatic carbocycles. The number of amides is 1. The van der Waals surface area contributed by atoms with Gasteiger partial charge in [0.15, 0.2) is 0 Å². The van der Waals surface area contributed by atoms with Crippen molar-refractivity contribution in [3.05, 3.63) is 53.1 Å². The highest BCUT2D eigenvalue weighted by Gasteiger charge is 2.35. The third kappa shape index (κ3) is 5.31. The maximum absolute atomic E-state index is 12.9. The Balaban J connectivity index is 1.68. The van der Waals surface area contributed by atoms with Crippen molar-refractivity contribution in [1.29, 1.82) is 0 Å². The van der Waals surface area contributed by atoms with Gasteiger partial charge in [0.05, 0.1) is 23.3 Å². The number of nitrogens with one attached hydrogen (secondary N) is 1. The molecule has 2 aromatic rings. The highest BCUT2D eigenvalue weighted by atomic mass is 35.5. The van der Waals surface area contributed by atoms with Gasteiger partial charge >= 0.3 is 6.18 Å². The average Bonchev–Trinajstić information content (AvgIpc) is 2.73. The van der Waals surface area contributed by atoms with E-state index in [0.717, 1.165) is 22.5 Å². The van der Waals surface area contributed by atoms with Crippen LogP contribution in [0.5, 0.6) is 5.75 Å². The van der Waals surface area contributed by atoms with Crippen LogP contribution < -0.4 is 10.1 Å². The van der Waals surface area contributed by atoms with Crippen LogP contribution in [0, 0.1) is 5.92 Å². The second-order valence-corrected chi connectivity index (χ2v) is 9.41. The van der Waals surface area contributed by atoms with Gasteiger partial charge in [0.1, 0.15) is 5.75 Å². The number of anilines is 1. The smallest absolute Gasteiger partial charge is 0.416 e. The molecular weight excluding hydrogens is 457 g/mol. The van der Waals surface area contributed by atoms with Gasteiger partial charge in [-0.05, 0) is 49.2 Å². The van der Waals surface area contributed by atoms with Gasteiger partial charge in [-0.3, -0.25) is 4.79 Å². The van der Waals surface area contributed by atoms with Crippen molar-refractivity contribution in [2.45, 2.75) is 23.9 Å². The third-order valence-electron chi connectivity index (χ3n) is 5.04. The van der Waals surface area contributed by atoms with E-state index in [0.29, 0.717) is 22.5 Å². The molecule has 0 unspecified atom stereocenters. The first-order valence-corrected chi connectivity index (χ1v) is 11.2. The molecule has 1 amide bonds. The number of sulfonamides is 1. The van der Waals surface area contributed by atoms with Crippen molar-refractivity contribution in [2.75, 3.05) is 25.5 Å². The quantitative estimate of drug-likeness (QED) is 0.693. The van der Waals surface area contributed by atoms with Crippen LogP contribution in [-0.2, 0) is 21.0 Å². The molecule has 1 saturated heterocycles. The number of hydrogen-bond donors (Lipinski definition) is 1. The van der Waals surface area contributed by atoms with Crippen LogP contribution in [0.3, 0.4) is 0 Å². The van der Waals surface area contributed by atoms with E-state index in [-0.39, 0.29) is 31.8 Å². The number of nitrogens with zero attached hydrogens (tertiary/aromatic N) is 1.